The number of likely N-dealkylation sites (tertiary alicyclic amines) is 1. The molecular formula is C18H24Cl2N2O3. The van der Waals surface area contributed by atoms with E-state index in [9.17, 15) is 14.7 Å². The first-order valence-electron chi connectivity index (χ1n) is 8.42. The van der Waals surface area contributed by atoms with Crippen molar-refractivity contribution < 1.29 is 14.7 Å². The van der Waals surface area contributed by atoms with Crippen LogP contribution in [-0.2, 0) is 16.1 Å². The number of carboxylic acids is 1. The summed E-state index contributed by atoms with van der Waals surface area (Å²) < 4.78 is 0. The normalized spacial score (nSPS) is 26.6. The highest BCUT2D eigenvalue weighted by molar-refractivity contribution is 6.31. The predicted molar refractivity (Wildman–Crippen MR) is 99.0 cm³/mol. The van der Waals surface area contributed by atoms with E-state index in [0.29, 0.717) is 24.7 Å². The van der Waals surface area contributed by atoms with Crippen LogP contribution in [0, 0.1) is 11.3 Å². The third kappa shape index (κ3) is 3.78. The minimum absolute atomic E-state index is 0. The van der Waals surface area contributed by atoms with E-state index in [0.717, 1.165) is 24.8 Å². The Hall–Kier alpha value is -1.30. The van der Waals surface area contributed by atoms with Crippen LogP contribution in [0.25, 0.3) is 0 Å². The molecule has 138 valence electrons. The van der Waals surface area contributed by atoms with E-state index in [-0.39, 0.29) is 30.3 Å². The molecule has 1 heterocycles. The molecule has 0 aromatic heterocycles. The van der Waals surface area contributed by atoms with Crippen LogP contribution >= 0.6 is 24.0 Å². The Labute approximate surface area is 159 Å². The van der Waals surface area contributed by atoms with Crippen molar-refractivity contribution in [1.82, 2.24) is 10.2 Å². The molecule has 5 nitrogen and oxygen atoms in total. The summed E-state index contributed by atoms with van der Waals surface area (Å²) in [5.41, 5.74) is 0.220. The van der Waals surface area contributed by atoms with Gasteiger partial charge >= 0.3 is 5.97 Å². The minimum Gasteiger partial charge on any atom is -0.481 e. The number of rotatable bonds is 5. The van der Waals surface area contributed by atoms with Crippen molar-refractivity contribution in [2.75, 3.05) is 13.1 Å². The average Bonchev–Trinajstić information content (AvgIpc) is 3.11. The van der Waals surface area contributed by atoms with Crippen LogP contribution in [0.4, 0.5) is 0 Å². The van der Waals surface area contributed by atoms with Gasteiger partial charge in [-0.25, -0.2) is 0 Å². The van der Waals surface area contributed by atoms with Crippen LogP contribution in [0.3, 0.4) is 0 Å². The number of aliphatic carboxylic acids is 1. The molecule has 2 N–H and O–H groups in total. The van der Waals surface area contributed by atoms with Gasteiger partial charge in [0, 0.05) is 24.7 Å². The summed E-state index contributed by atoms with van der Waals surface area (Å²) in [5.74, 6) is -0.638. The summed E-state index contributed by atoms with van der Waals surface area (Å²) in [7, 11) is 0. The number of benzene rings is 1. The third-order valence-corrected chi connectivity index (χ3v) is 6.03. The van der Waals surface area contributed by atoms with Crippen molar-refractivity contribution >= 4 is 35.9 Å². The molecule has 7 heteroatoms. The zero-order valence-electron chi connectivity index (χ0n) is 14.2. The Bertz CT molecular complexity index is 655. The SMILES string of the molecule is CC(C(=O)NCc1ccccc1Cl)N1C[C@@H]2CCC[C@@]2(C(=O)O)C1.Cl. The van der Waals surface area contributed by atoms with Gasteiger partial charge in [-0.05, 0) is 37.3 Å². The monoisotopic (exact) mass is 386 g/mol. The van der Waals surface area contributed by atoms with Gasteiger partial charge in [0.1, 0.15) is 0 Å². The van der Waals surface area contributed by atoms with Crippen LogP contribution in [0.1, 0.15) is 31.7 Å². The van der Waals surface area contributed by atoms with Gasteiger partial charge in [0.15, 0.2) is 0 Å². The number of hydrogen-bond acceptors (Lipinski definition) is 3. The fourth-order valence-electron chi connectivity index (χ4n) is 4.11. The van der Waals surface area contributed by atoms with Crippen LogP contribution in [-0.4, -0.2) is 41.0 Å². The van der Waals surface area contributed by atoms with Crippen molar-refractivity contribution in [2.45, 2.75) is 38.8 Å². The van der Waals surface area contributed by atoms with Crippen LogP contribution < -0.4 is 5.32 Å². The largest absolute Gasteiger partial charge is 0.481 e. The number of halogens is 2. The quantitative estimate of drug-likeness (QED) is 0.815. The molecule has 1 aromatic rings. The second kappa shape index (κ2) is 7.94. The number of carboxylic acid groups (broad SMARTS) is 1. The maximum absolute atomic E-state index is 12.5. The first-order valence-corrected chi connectivity index (χ1v) is 8.80. The highest BCUT2D eigenvalue weighted by Gasteiger charge is 2.55. The summed E-state index contributed by atoms with van der Waals surface area (Å²) in [6.45, 7) is 3.38. The lowest BCUT2D eigenvalue weighted by Crippen LogP contribution is -2.45. The first-order chi connectivity index (χ1) is 11.4. The fourth-order valence-corrected chi connectivity index (χ4v) is 4.31. The first kappa shape index (κ1) is 20.0. The van der Waals surface area contributed by atoms with Gasteiger partial charge < -0.3 is 10.4 Å². The van der Waals surface area contributed by atoms with Crippen molar-refractivity contribution in [3.63, 3.8) is 0 Å². The molecule has 25 heavy (non-hydrogen) atoms. The molecule has 2 fully saturated rings. The van der Waals surface area contributed by atoms with E-state index in [1.807, 2.05) is 30.0 Å². The standard InChI is InChI=1S/C18H23ClN2O3.ClH/c1-12(16(22)20-9-13-5-2-3-7-15(13)19)21-10-14-6-4-8-18(14,11-21)17(23)24;/h2-3,5,7,12,14H,4,6,8-11H2,1H3,(H,20,22)(H,23,24);1H/t12?,14-,18+;/m0./s1. The zero-order chi connectivity index (χ0) is 17.3. The minimum atomic E-state index is -0.712. The molecule has 1 amide bonds. The van der Waals surface area contributed by atoms with Gasteiger partial charge in [-0.3, -0.25) is 14.5 Å². The Morgan fingerprint density at radius 2 is 2.16 bits per heavy atom. The van der Waals surface area contributed by atoms with Gasteiger partial charge in [-0.15, -0.1) is 12.4 Å². The van der Waals surface area contributed by atoms with E-state index >= 15 is 0 Å². The molecule has 0 radical (unpaired) electrons. The molecule has 3 rings (SSSR count). The lowest BCUT2D eigenvalue weighted by Gasteiger charge is -2.26. The third-order valence-electron chi connectivity index (χ3n) is 5.66. The molecule has 1 aliphatic heterocycles. The Kier molecular flexibility index (Phi) is 6.35. The highest BCUT2D eigenvalue weighted by atomic mass is 35.5. The summed E-state index contributed by atoms with van der Waals surface area (Å²) in [5, 5.41) is 13.2. The molecule has 1 aliphatic carbocycles. The number of carbonyl (C=O) groups is 2. The molecule has 1 unspecified atom stereocenters. The second-order valence-corrected chi connectivity index (χ2v) is 7.37. The predicted octanol–water partition coefficient (Wildman–Crippen LogP) is 2.95. The summed E-state index contributed by atoms with van der Waals surface area (Å²) in [4.78, 5) is 26.2. The average molecular weight is 387 g/mol. The van der Waals surface area contributed by atoms with Gasteiger partial charge in [0.05, 0.1) is 11.5 Å². The molecule has 0 bridgehead atoms. The van der Waals surface area contributed by atoms with Crippen LogP contribution in [0.2, 0.25) is 5.02 Å². The summed E-state index contributed by atoms with van der Waals surface area (Å²) in [6.07, 6.45) is 2.63. The number of amides is 1. The van der Waals surface area contributed by atoms with Crippen LogP contribution in [0.15, 0.2) is 24.3 Å². The number of nitrogens with zero attached hydrogens (tertiary/aromatic N) is 1. The number of fused-ring (bicyclic) bond motifs is 1. The molecule has 1 saturated heterocycles. The molecule has 2 aliphatic rings. The number of hydrogen-bond donors (Lipinski definition) is 2. The molecule has 1 aromatic carbocycles. The van der Waals surface area contributed by atoms with Gasteiger partial charge in [-0.1, -0.05) is 36.2 Å². The highest BCUT2D eigenvalue weighted by Crippen LogP contribution is 2.49. The number of nitrogens with one attached hydrogen (secondary N) is 1. The smallest absolute Gasteiger partial charge is 0.311 e. The Morgan fingerprint density at radius 3 is 2.80 bits per heavy atom. The molecule has 1 saturated carbocycles. The van der Waals surface area contributed by atoms with E-state index in [1.54, 1.807) is 6.07 Å². The summed E-state index contributed by atoms with van der Waals surface area (Å²) in [6, 6.07) is 7.08. The van der Waals surface area contributed by atoms with Gasteiger partial charge in [0.25, 0.3) is 0 Å². The summed E-state index contributed by atoms with van der Waals surface area (Å²) >= 11 is 6.11. The molecular weight excluding hydrogens is 363 g/mol. The Balaban J connectivity index is 0.00000225. The lowest BCUT2D eigenvalue weighted by atomic mass is 9.81. The molecule has 3 atom stereocenters. The molecule has 0 spiro atoms. The van der Waals surface area contributed by atoms with Crippen molar-refractivity contribution in [3.8, 4) is 0 Å². The van der Waals surface area contributed by atoms with Crippen molar-refractivity contribution in [3.05, 3.63) is 34.9 Å². The second-order valence-electron chi connectivity index (χ2n) is 6.97. The number of carbonyl (C=O) groups excluding carboxylic acids is 1. The van der Waals surface area contributed by atoms with Gasteiger partial charge in [0.2, 0.25) is 5.91 Å². The van der Waals surface area contributed by atoms with Crippen molar-refractivity contribution in [1.29, 1.82) is 0 Å². The zero-order valence-corrected chi connectivity index (χ0v) is 15.8. The van der Waals surface area contributed by atoms with Crippen LogP contribution in [0.5, 0.6) is 0 Å². The topological polar surface area (TPSA) is 69.6 Å². The van der Waals surface area contributed by atoms with Crippen molar-refractivity contribution in [2.24, 2.45) is 11.3 Å². The van der Waals surface area contributed by atoms with E-state index in [1.165, 1.54) is 0 Å². The maximum atomic E-state index is 12.5. The fraction of sp³-hybridized carbons (Fsp3) is 0.556. The Morgan fingerprint density at radius 1 is 1.44 bits per heavy atom. The lowest BCUT2D eigenvalue weighted by molar-refractivity contribution is -0.149. The van der Waals surface area contributed by atoms with E-state index in [4.69, 9.17) is 11.6 Å². The van der Waals surface area contributed by atoms with Gasteiger partial charge in [-0.2, -0.15) is 0 Å². The maximum Gasteiger partial charge on any atom is 0.311 e. The van der Waals surface area contributed by atoms with E-state index < -0.39 is 11.4 Å². The van der Waals surface area contributed by atoms with E-state index in [2.05, 4.69) is 5.32 Å².